The summed E-state index contributed by atoms with van der Waals surface area (Å²) in [5.74, 6) is 1.20. The summed E-state index contributed by atoms with van der Waals surface area (Å²) in [6.07, 6.45) is 0. The molecule has 3 atom stereocenters. The number of nitrogens with zero attached hydrogens (tertiary/aromatic N) is 1. The first-order chi connectivity index (χ1) is 13.7. The minimum Gasteiger partial charge on any atom is -0.507 e. The molecule has 0 aliphatic carbocycles. The van der Waals surface area contributed by atoms with Gasteiger partial charge in [0.1, 0.15) is 18.1 Å². The highest BCUT2D eigenvalue weighted by molar-refractivity contribution is 5.44. The Morgan fingerprint density at radius 2 is 1.89 bits per heavy atom. The summed E-state index contributed by atoms with van der Waals surface area (Å²) in [5, 5.41) is 10.7. The molecular weight excluding hydrogens is 354 g/mol. The van der Waals surface area contributed by atoms with Crippen LogP contribution in [0.15, 0.2) is 48.5 Å². The molecule has 2 aromatic rings. The van der Waals surface area contributed by atoms with Crippen LogP contribution in [0, 0.1) is 0 Å². The quantitative estimate of drug-likeness (QED) is 0.712. The summed E-state index contributed by atoms with van der Waals surface area (Å²) in [5.41, 5.74) is 8.80. The van der Waals surface area contributed by atoms with Gasteiger partial charge in [-0.15, -0.1) is 0 Å². The standard InChI is InChI=1S/C22H29N3O3/c1-16-21(17-5-3-2-4-6-17)22(24-23-16)19-8-7-18(15-20(19)26)28-14-11-25-9-12-27-13-10-25/h2-8,15-16,21-24,26H,9-14H2,1H3. The molecule has 2 fully saturated rings. The highest BCUT2D eigenvalue weighted by Gasteiger charge is 2.36. The van der Waals surface area contributed by atoms with Crippen LogP contribution < -0.4 is 15.6 Å². The second-order valence-corrected chi connectivity index (χ2v) is 7.51. The second kappa shape index (κ2) is 8.92. The number of hydrazine groups is 1. The predicted molar refractivity (Wildman–Crippen MR) is 109 cm³/mol. The fraction of sp³-hybridized carbons (Fsp3) is 0.455. The average molecular weight is 383 g/mol. The van der Waals surface area contributed by atoms with Crippen molar-refractivity contribution in [3.05, 3.63) is 59.7 Å². The molecule has 0 spiro atoms. The van der Waals surface area contributed by atoms with Gasteiger partial charge in [-0.1, -0.05) is 36.4 Å². The van der Waals surface area contributed by atoms with Gasteiger partial charge in [0.15, 0.2) is 0 Å². The van der Waals surface area contributed by atoms with Gasteiger partial charge < -0.3 is 14.6 Å². The van der Waals surface area contributed by atoms with Gasteiger partial charge in [-0.2, -0.15) is 0 Å². The third kappa shape index (κ3) is 4.31. The molecule has 28 heavy (non-hydrogen) atoms. The van der Waals surface area contributed by atoms with Gasteiger partial charge >= 0.3 is 0 Å². The lowest BCUT2D eigenvalue weighted by Crippen LogP contribution is -2.38. The lowest BCUT2D eigenvalue weighted by Gasteiger charge is -2.26. The Bertz CT molecular complexity index is 765. The maximum atomic E-state index is 10.7. The molecule has 2 aliphatic heterocycles. The molecule has 0 saturated carbocycles. The van der Waals surface area contributed by atoms with Gasteiger partial charge in [0.25, 0.3) is 0 Å². The molecular formula is C22H29N3O3. The zero-order valence-corrected chi connectivity index (χ0v) is 16.3. The monoisotopic (exact) mass is 383 g/mol. The molecule has 3 N–H and O–H groups in total. The molecule has 150 valence electrons. The maximum Gasteiger partial charge on any atom is 0.124 e. The number of ether oxygens (including phenoxy) is 2. The van der Waals surface area contributed by atoms with Crippen LogP contribution in [-0.4, -0.2) is 55.5 Å². The Labute approximate surface area is 166 Å². The van der Waals surface area contributed by atoms with Crippen molar-refractivity contribution in [1.29, 1.82) is 0 Å². The molecule has 4 rings (SSSR count). The number of aromatic hydroxyl groups is 1. The lowest BCUT2D eigenvalue weighted by molar-refractivity contribution is 0.0322. The van der Waals surface area contributed by atoms with Gasteiger partial charge in [0.2, 0.25) is 0 Å². The molecule has 2 heterocycles. The smallest absolute Gasteiger partial charge is 0.124 e. The Balaban J connectivity index is 1.42. The molecule has 3 unspecified atom stereocenters. The third-order valence-corrected chi connectivity index (χ3v) is 5.67. The Morgan fingerprint density at radius 1 is 1.11 bits per heavy atom. The number of hydrogen-bond acceptors (Lipinski definition) is 6. The Kier molecular flexibility index (Phi) is 6.12. The first kappa shape index (κ1) is 19.2. The number of rotatable bonds is 6. The zero-order valence-electron chi connectivity index (χ0n) is 16.3. The van der Waals surface area contributed by atoms with E-state index in [1.165, 1.54) is 5.56 Å². The Morgan fingerprint density at radius 3 is 2.64 bits per heavy atom. The summed E-state index contributed by atoms with van der Waals surface area (Å²) in [6.45, 7) is 7.11. The summed E-state index contributed by atoms with van der Waals surface area (Å²) in [4.78, 5) is 2.33. The summed E-state index contributed by atoms with van der Waals surface area (Å²) < 4.78 is 11.2. The summed E-state index contributed by atoms with van der Waals surface area (Å²) in [6, 6.07) is 16.3. The van der Waals surface area contributed by atoms with E-state index < -0.39 is 0 Å². The molecule has 0 amide bonds. The van der Waals surface area contributed by atoms with E-state index in [2.05, 4.69) is 46.9 Å². The largest absolute Gasteiger partial charge is 0.507 e. The highest BCUT2D eigenvalue weighted by Crippen LogP contribution is 2.41. The predicted octanol–water partition coefficient (Wildman–Crippen LogP) is 2.42. The van der Waals surface area contributed by atoms with E-state index in [1.54, 1.807) is 6.07 Å². The number of phenolic OH excluding ortho intramolecular Hbond substituents is 1. The number of benzene rings is 2. The van der Waals surface area contributed by atoms with E-state index in [0.29, 0.717) is 12.4 Å². The van der Waals surface area contributed by atoms with Crippen molar-refractivity contribution in [1.82, 2.24) is 15.8 Å². The molecule has 2 aliphatic rings. The molecule has 6 heteroatoms. The van der Waals surface area contributed by atoms with Crippen LogP contribution in [0.25, 0.3) is 0 Å². The van der Waals surface area contributed by atoms with E-state index in [9.17, 15) is 5.11 Å². The second-order valence-electron chi connectivity index (χ2n) is 7.51. The number of hydrogen-bond donors (Lipinski definition) is 3. The molecule has 0 aromatic heterocycles. The molecule has 0 bridgehead atoms. The van der Waals surface area contributed by atoms with Crippen molar-refractivity contribution in [3.63, 3.8) is 0 Å². The van der Waals surface area contributed by atoms with E-state index in [-0.39, 0.29) is 23.8 Å². The van der Waals surface area contributed by atoms with Crippen molar-refractivity contribution in [2.45, 2.75) is 24.9 Å². The van der Waals surface area contributed by atoms with Gasteiger partial charge in [0, 0.05) is 43.2 Å². The Hall–Kier alpha value is -2.12. The van der Waals surface area contributed by atoms with E-state index in [1.807, 2.05) is 18.2 Å². The lowest BCUT2D eigenvalue weighted by atomic mass is 9.84. The van der Waals surface area contributed by atoms with Crippen LogP contribution in [0.4, 0.5) is 0 Å². The number of morpholine rings is 1. The van der Waals surface area contributed by atoms with E-state index in [4.69, 9.17) is 9.47 Å². The molecule has 2 aromatic carbocycles. The average Bonchev–Trinajstić information content (AvgIpc) is 3.11. The van der Waals surface area contributed by atoms with Crippen molar-refractivity contribution in [2.75, 3.05) is 39.5 Å². The summed E-state index contributed by atoms with van der Waals surface area (Å²) in [7, 11) is 0. The number of nitrogens with one attached hydrogen (secondary N) is 2. The van der Waals surface area contributed by atoms with Crippen molar-refractivity contribution < 1.29 is 14.6 Å². The number of phenols is 1. The first-order valence-electron chi connectivity index (χ1n) is 10.0. The van der Waals surface area contributed by atoms with Crippen LogP contribution in [0.5, 0.6) is 11.5 Å². The minimum absolute atomic E-state index is 0.000185. The van der Waals surface area contributed by atoms with Crippen molar-refractivity contribution in [2.24, 2.45) is 0 Å². The van der Waals surface area contributed by atoms with Crippen LogP contribution >= 0.6 is 0 Å². The normalized spacial score (nSPS) is 25.7. The van der Waals surface area contributed by atoms with Crippen LogP contribution in [-0.2, 0) is 4.74 Å². The summed E-state index contributed by atoms with van der Waals surface area (Å²) >= 11 is 0. The van der Waals surface area contributed by atoms with E-state index in [0.717, 1.165) is 38.4 Å². The SMILES string of the molecule is CC1NNC(c2ccc(OCCN3CCOCC3)cc2O)C1c1ccccc1. The minimum atomic E-state index is -0.000185. The van der Waals surface area contributed by atoms with Gasteiger partial charge in [-0.05, 0) is 18.6 Å². The molecule has 6 nitrogen and oxygen atoms in total. The highest BCUT2D eigenvalue weighted by atomic mass is 16.5. The van der Waals surface area contributed by atoms with Gasteiger partial charge in [-0.25, -0.2) is 5.43 Å². The fourth-order valence-corrected chi connectivity index (χ4v) is 4.11. The molecule has 0 radical (unpaired) electrons. The van der Waals surface area contributed by atoms with Crippen molar-refractivity contribution >= 4 is 0 Å². The van der Waals surface area contributed by atoms with Gasteiger partial charge in [-0.3, -0.25) is 10.3 Å². The van der Waals surface area contributed by atoms with Crippen molar-refractivity contribution in [3.8, 4) is 11.5 Å². The van der Waals surface area contributed by atoms with E-state index >= 15 is 0 Å². The maximum absolute atomic E-state index is 10.7. The van der Waals surface area contributed by atoms with Crippen LogP contribution in [0.2, 0.25) is 0 Å². The topological polar surface area (TPSA) is 66.0 Å². The van der Waals surface area contributed by atoms with Crippen LogP contribution in [0.3, 0.4) is 0 Å². The third-order valence-electron chi connectivity index (χ3n) is 5.67. The molecule has 2 saturated heterocycles. The first-order valence-corrected chi connectivity index (χ1v) is 10.0. The fourth-order valence-electron chi connectivity index (χ4n) is 4.11. The van der Waals surface area contributed by atoms with Crippen LogP contribution in [0.1, 0.15) is 30.0 Å². The zero-order chi connectivity index (χ0) is 19.3. The van der Waals surface area contributed by atoms with Gasteiger partial charge in [0.05, 0.1) is 19.3 Å².